The van der Waals surface area contributed by atoms with Gasteiger partial charge in [0.05, 0.1) is 20.5 Å². The van der Waals surface area contributed by atoms with Crippen LogP contribution in [0.4, 0.5) is 0 Å². The molecule has 1 spiro atoms. The van der Waals surface area contributed by atoms with Crippen LogP contribution in [-0.4, -0.2) is 65.7 Å². The van der Waals surface area contributed by atoms with Crippen molar-refractivity contribution in [3.05, 3.63) is 42.5 Å². The number of imidazole rings is 1. The van der Waals surface area contributed by atoms with Gasteiger partial charge in [-0.2, -0.15) is 0 Å². The SMILES string of the molecule is COc1cccc(CN2CCCC3(CCN(C(=O)Cn4ccnc4)C3)C2)c1OC. The lowest BCUT2D eigenvalue weighted by atomic mass is 9.79. The molecular formula is C22H30N4O3. The van der Waals surface area contributed by atoms with Crippen molar-refractivity contribution in [3.63, 3.8) is 0 Å². The molecule has 7 nitrogen and oxygen atoms in total. The summed E-state index contributed by atoms with van der Waals surface area (Å²) >= 11 is 0. The number of ether oxygens (including phenoxy) is 2. The monoisotopic (exact) mass is 398 g/mol. The predicted molar refractivity (Wildman–Crippen MR) is 110 cm³/mol. The fourth-order valence-corrected chi connectivity index (χ4v) is 4.88. The van der Waals surface area contributed by atoms with Crippen molar-refractivity contribution in [2.45, 2.75) is 32.4 Å². The van der Waals surface area contributed by atoms with Crippen LogP contribution in [0.1, 0.15) is 24.8 Å². The standard InChI is InChI=1S/C22H30N4O3/c1-28-19-6-3-5-18(21(19)29-2)13-24-10-4-7-22(15-24)8-11-26(16-22)20(27)14-25-12-9-23-17-25/h3,5-6,9,12,17H,4,7-8,10-11,13-16H2,1-2H3. The maximum Gasteiger partial charge on any atom is 0.242 e. The molecule has 0 saturated carbocycles. The van der Waals surface area contributed by atoms with Crippen LogP contribution in [0, 0.1) is 5.41 Å². The molecule has 1 aromatic carbocycles. The molecule has 7 heteroatoms. The average molecular weight is 399 g/mol. The summed E-state index contributed by atoms with van der Waals surface area (Å²) in [5, 5.41) is 0. The Morgan fingerprint density at radius 2 is 2.07 bits per heavy atom. The molecule has 1 amide bonds. The Kier molecular flexibility index (Phi) is 5.76. The van der Waals surface area contributed by atoms with Gasteiger partial charge in [0.15, 0.2) is 11.5 Å². The molecule has 2 aromatic rings. The lowest BCUT2D eigenvalue weighted by Crippen LogP contribution is -2.45. The first-order valence-corrected chi connectivity index (χ1v) is 10.3. The predicted octanol–water partition coefficient (Wildman–Crippen LogP) is 2.42. The molecular weight excluding hydrogens is 368 g/mol. The first-order valence-electron chi connectivity index (χ1n) is 10.3. The van der Waals surface area contributed by atoms with E-state index >= 15 is 0 Å². The van der Waals surface area contributed by atoms with Gasteiger partial charge in [-0.15, -0.1) is 0 Å². The molecule has 1 atom stereocenters. The van der Waals surface area contributed by atoms with Crippen LogP contribution in [0.25, 0.3) is 0 Å². The van der Waals surface area contributed by atoms with E-state index in [1.807, 2.05) is 27.8 Å². The molecule has 0 N–H and O–H groups in total. The van der Waals surface area contributed by atoms with E-state index in [-0.39, 0.29) is 11.3 Å². The maximum absolute atomic E-state index is 12.7. The zero-order valence-corrected chi connectivity index (χ0v) is 17.3. The van der Waals surface area contributed by atoms with Crippen molar-refractivity contribution in [2.75, 3.05) is 40.4 Å². The number of nitrogens with zero attached hydrogens (tertiary/aromatic N) is 4. The molecule has 0 radical (unpaired) electrons. The Morgan fingerprint density at radius 3 is 2.83 bits per heavy atom. The summed E-state index contributed by atoms with van der Waals surface area (Å²) in [5.41, 5.74) is 1.35. The number of likely N-dealkylation sites (tertiary alicyclic amines) is 2. The molecule has 2 aliphatic rings. The van der Waals surface area contributed by atoms with Gasteiger partial charge in [0.2, 0.25) is 5.91 Å². The highest BCUT2D eigenvalue weighted by Gasteiger charge is 2.42. The zero-order valence-electron chi connectivity index (χ0n) is 17.3. The number of benzene rings is 1. The Morgan fingerprint density at radius 1 is 1.17 bits per heavy atom. The summed E-state index contributed by atoms with van der Waals surface area (Å²) < 4.78 is 12.9. The highest BCUT2D eigenvalue weighted by molar-refractivity contribution is 5.76. The highest BCUT2D eigenvalue weighted by atomic mass is 16.5. The van der Waals surface area contributed by atoms with E-state index in [9.17, 15) is 4.79 Å². The van der Waals surface area contributed by atoms with Gasteiger partial charge in [-0.3, -0.25) is 9.69 Å². The number of amides is 1. The Balaban J connectivity index is 1.40. The van der Waals surface area contributed by atoms with Crippen LogP contribution in [0.15, 0.2) is 36.9 Å². The Bertz CT molecular complexity index is 839. The molecule has 4 rings (SSSR count). The quantitative estimate of drug-likeness (QED) is 0.748. The fourth-order valence-electron chi connectivity index (χ4n) is 4.88. The van der Waals surface area contributed by atoms with Gasteiger partial charge in [-0.05, 0) is 31.9 Å². The van der Waals surface area contributed by atoms with Crippen LogP contribution in [0.5, 0.6) is 11.5 Å². The minimum atomic E-state index is 0.187. The molecule has 156 valence electrons. The number of rotatable bonds is 6. The third kappa shape index (κ3) is 4.24. The number of carbonyl (C=O) groups excluding carboxylic acids is 1. The topological polar surface area (TPSA) is 59.8 Å². The second-order valence-corrected chi connectivity index (χ2v) is 8.27. The van der Waals surface area contributed by atoms with E-state index in [0.29, 0.717) is 6.54 Å². The number of para-hydroxylation sites is 1. The molecule has 2 aliphatic heterocycles. The molecule has 0 aliphatic carbocycles. The van der Waals surface area contributed by atoms with Gasteiger partial charge in [-0.1, -0.05) is 12.1 Å². The molecule has 1 aromatic heterocycles. The van der Waals surface area contributed by atoms with Crippen molar-refractivity contribution < 1.29 is 14.3 Å². The lowest BCUT2D eigenvalue weighted by molar-refractivity contribution is -0.131. The fraction of sp³-hybridized carbons (Fsp3) is 0.545. The van der Waals surface area contributed by atoms with Crippen molar-refractivity contribution in [3.8, 4) is 11.5 Å². The Labute approximate surface area is 172 Å². The van der Waals surface area contributed by atoms with Crippen LogP contribution in [-0.2, 0) is 17.9 Å². The normalized spacial score (nSPS) is 22.2. The average Bonchev–Trinajstić information content (AvgIpc) is 3.38. The minimum absolute atomic E-state index is 0.187. The minimum Gasteiger partial charge on any atom is -0.493 e. The molecule has 29 heavy (non-hydrogen) atoms. The van der Waals surface area contributed by atoms with Crippen LogP contribution >= 0.6 is 0 Å². The zero-order chi connectivity index (χ0) is 20.3. The van der Waals surface area contributed by atoms with E-state index < -0.39 is 0 Å². The summed E-state index contributed by atoms with van der Waals surface area (Å²) in [5.74, 6) is 1.78. The highest BCUT2D eigenvalue weighted by Crippen LogP contribution is 2.40. The van der Waals surface area contributed by atoms with E-state index in [0.717, 1.165) is 62.6 Å². The Hall–Kier alpha value is -2.54. The van der Waals surface area contributed by atoms with Crippen molar-refractivity contribution in [2.24, 2.45) is 5.41 Å². The molecule has 3 heterocycles. The van der Waals surface area contributed by atoms with E-state index in [2.05, 4.69) is 16.0 Å². The summed E-state index contributed by atoms with van der Waals surface area (Å²) in [7, 11) is 3.37. The first-order chi connectivity index (χ1) is 14.1. The number of carbonyl (C=O) groups is 1. The number of hydrogen-bond donors (Lipinski definition) is 0. The smallest absolute Gasteiger partial charge is 0.242 e. The summed E-state index contributed by atoms with van der Waals surface area (Å²) in [6, 6.07) is 6.06. The number of methoxy groups -OCH3 is 2. The van der Waals surface area contributed by atoms with Gasteiger partial charge >= 0.3 is 0 Å². The lowest BCUT2D eigenvalue weighted by Gasteiger charge is -2.40. The van der Waals surface area contributed by atoms with E-state index in [1.165, 1.54) is 6.42 Å². The summed E-state index contributed by atoms with van der Waals surface area (Å²) in [4.78, 5) is 21.3. The van der Waals surface area contributed by atoms with E-state index in [4.69, 9.17) is 9.47 Å². The third-order valence-corrected chi connectivity index (χ3v) is 6.29. The number of aromatic nitrogens is 2. The van der Waals surface area contributed by atoms with Crippen molar-refractivity contribution in [1.82, 2.24) is 19.4 Å². The van der Waals surface area contributed by atoms with E-state index in [1.54, 1.807) is 26.7 Å². The maximum atomic E-state index is 12.7. The van der Waals surface area contributed by atoms with Crippen LogP contribution < -0.4 is 9.47 Å². The van der Waals surface area contributed by atoms with Crippen molar-refractivity contribution >= 4 is 5.91 Å². The molecule has 2 fully saturated rings. The second kappa shape index (κ2) is 8.45. The summed E-state index contributed by atoms with van der Waals surface area (Å²) in [6.07, 6.45) is 8.68. The third-order valence-electron chi connectivity index (χ3n) is 6.29. The van der Waals surface area contributed by atoms with Gasteiger partial charge in [0.25, 0.3) is 0 Å². The van der Waals surface area contributed by atoms with Gasteiger partial charge in [0.1, 0.15) is 6.54 Å². The van der Waals surface area contributed by atoms with Crippen LogP contribution in [0.3, 0.4) is 0 Å². The van der Waals surface area contributed by atoms with Crippen molar-refractivity contribution in [1.29, 1.82) is 0 Å². The largest absolute Gasteiger partial charge is 0.493 e. The number of piperidine rings is 1. The molecule has 0 bridgehead atoms. The van der Waals surface area contributed by atoms with Crippen LogP contribution in [0.2, 0.25) is 0 Å². The molecule has 2 saturated heterocycles. The summed E-state index contributed by atoms with van der Waals surface area (Å²) in [6.45, 7) is 5.01. The van der Waals surface area contributed by atoms with Gasteiger partial charge in [-0.25, -0.2) is 4.98 Å². The number of hydrogen-bond acceptors (Lipinski definition) is 5. The first kappa shape index (κ1) is 19.8. The molecule has 1 unspecified atom stereocenters. The second-order valence-electron chi connectivity index (χ2n) is 8.27. The van der Waals surface area contributed by atoms with Gasteiger partial charge < -0.3 is 18.9 Å². The van der Waals surface area contributed by atoms with Gasteiger partial charge in [0, 0.05) is 49.6 Å².